The number of hydrogen-bond acceptors (Lipinski definition) is 5. The smallest absolute Gasteiger partial charge is 0.255 e. The van der Waals surface area contributed by atoms with Crippen molar-refractivity contribution < 1.29 is 23.8 Å². The second-order valence-corrected chi connectivity index (χ2v) is 6.06. The van der Waals surface area contributed by atoms with Gasteiger partial charge in [-0.1, -0.05) is 18.2 Å². The maximum atomic E-state index is 12.4. The lowest BCUT2D eigenvalue weighted by molar-refractivity contribution is -0.124. The SMILES string of the molecule is COc1cc(NC(=O)[C@@H]2CCCO2)c(OC)cc1NC(=O)c1ccccc1. The van der Waals surface area contributed by atoms with Crippen LogP contribution in [0.3, 0.4) is 0 Å². The minimum absolute atomic E-state index is 0.228. The second kappa shape index (κ2) is 8.55. The quantitative estimate of drug-likeness (QED) is 0.816. The van der Waals surface area contributed by atoms with Crippen LogP contribution in [0.5, 0.6) is 11.5 Å². The zero-order valence-electron chi connectivity index (χ0n) is 15.3. The molecule has 0 radical (unpaired) electrons. The average molecular weight is 370 g/mol. The second-order valence-electron chi connectivity index (χ2n) is 6.06. The molecule has 1 fully saturated rings. The van der Waals surface area contributed by atoms with Crippen LogP contribution in [0.4, 0.5) is 11.4 Å². The predicted molar refractivity (Wildman–Crippen MR) is 102 cm³/mol. The van der Waals surface area contributed by atoms with E-state index in [9.17, 15) is 9.59 Å². The summed E-state index contributed by atoms with van der Waals surface area (Å²) in [7, 11) is 2.98. The lowest BCUT2D eigenvalue weighted by atomic mass is 10.1. The van der Waals surface area contributed by atoms with Gasteiger partial charge in [-0.3, -0.25) is 9.59 Å². The van der Waals surface area contributed by atoms with Crippen LogP contribution in [0.1, 0.15) is 23.2 Å². The first-order chi connectivity index (χ1) is 13.1. The summed E-state index contributed by atoms with van der Waals surface area (Å²) in [5.41, 5.74) is 1.42. The Labute approximate surface area is 157 Å². The Morgan fingerprint density at radius 3 is 2.19 bits per heavy atom. The molecule has 0 aliphatic carbocycles. The van der Waals surface area contributed by atoms with Crippen LogP contribution in [-0.4, -0.2) is 38.7 Å². The van der Waals surface area contributed by atoms with Gasteiger partial charge < -0.3 is 24.8 Å². The molecule has 0 aromatic heterocycles. The molecule has 1 aliphatic heterocycles. The zero-order chi connectivity index (χ0) is 19.2. The molecular formula is C20H22N2O5. The Bertz CT molecular complexity index is 817. The fraction of sp³-hybridized carbons (Fsp3) is 0.300. The Morgan fingerprint density at radius 1 is 1.00 bits per heavy atom. The molecule has 0 saturated carbocycles. The fourth-order valence-electron chi connectivity index (χ4n) is 2.87. The van der Waals surface area contributed by atoms with Crippen LogP contribution in [0, 0.1) is 0 Å². The van der Waals surface area contributed by atoms with Crippen LogP contribution >= 0.6 is 0 Å². The summed E-state index contributed by atoms with van der Waals surface area (Å²) < 4.78 is 16.2. The molecule has 7 heteroatoms. The fourth-order valence-corrected chi connectivity index (χ4v) is 2.87. The van der Waals surface area contributed by atoms with Crippen LogP contribution in [0.2, 0.25) is 0 Å². The van der Waals surface area contributed by atoms with Crippen LogP contribution in [0.25, 0.3) is 0 Å². The van der Waals surface area contributed by atoms with Crippen LogP contribution in [-0.2, 0) is 9.53 Å². The number of anilines is 2. The molecule has 2 aromatic rings. The lowest BCUT2D eigenvalue weighted by Crippen LogP contribution is -2.27. The summed E-state index contributed by atoms with van der Waals surface area (Å²) in [4.78, 5) is 24.8. The summed E-state index contributed by atoms with van der Waals surface area (Å²) in [6.45, 7) is 0.586. The molecule has 27 heavy (non-hydrogen) atoms. The first-order valence-corrected chi connectivity index (χ1v) is 8.67. The van der Waals surface area contributed by atoms with Crippen molar-refractivity contribution in [2.45, 2.75) is 18.9 Å². The monoisotopic (exact) mass is 370 g/mol. The van der Waals surface area contributed by atoms with E-state index in [4.69, 9.17) is 14.2 Å². The molecule has 2 aromatic carbocycles. The van der Waals surface area contributed by atoms with Crippen molar-refractivity contribution in [2.75, 3.05) is 31.5 Å². The Morgan fingerprint density at radius 2 is 1.63 bits per heavy atom. The summed E-state index contributed by atoms with van der Waals surface area (Å²) in [5, 5.41) is 5.62. The third-order valence-electron chi connectivity index (χ3n) is 4.29. The number of ether oxygens (including phenoxy) is 3. The standard InChI is InChI=1S/C20H22N2O5/c1-25-17-12-15(22-20(24)16-9-6-10-27-16)18(26-2)11-14(17)21-19(23)13-7-4-3-5-8-13/h3-5,7-8,11-12,16H,6,9-10H2,1-2H3,(H,21,23)(H,22,24)/t16-/m0/s1. The normalized spacial score (nSPS) is 15.9. The van der Waals surface area contributed by atoms with Gasteiger partial charge in [-0.25, -0.2) is 0 Å². The zero-order valence-corrected chi connectivity index (χ0v) is 15.3. The number of hydrogen-bond donors (Lipinski definition) is 2. The highest BCUT2D eigenvalue weighted by atomic mass is 16.5. The van der Waals surface area contributed by atoms with Crippen molar-refractivity contribution in [3.8, 4) is 11.5 Å². The molecule has 0 unspecified atom stereocenters. The summed E-state index contributed by atoms with van der Waals surface area (Å²) >= 11 is 0. The number of amides is 2. The molecule has 3 rings (SSSR count). The molecule has 1 atom stereocenters. The van der Waals surface area contributed by atoms with Gasteiger partial charge in [-0.05, 0) is 25.0 Å². The van der Waals surface area contributed by atoms with Gasteiger partial charge in [0.05, 0.1) is 25.6 Å². The molecular weight excluding hydrogens is 348 g/mol. The van der Waals surface area contributed by atoms with Gasteiger partial charge in [0, 0.05) is 24.3 Å². The lowest BCUT2D eigenvalue weighted by Gasteiger charge is -2.17. The van der Waals surface area contributed by atoms with E-state index < -0.39 is 6.10 Å². The molecule has 2 amide bonds. The van der Waals surface area contributed by atoms with Crippen LogP contribution in [0.15, 0.2) is 42.5 Å². The van der Waals surface area contributed by atoms with E-state index >= 15 is 0 Å². The predicted octanol–water partition coefficient (Wildman–Crippen LogP) is 3.07. The number of rotatable bonds is 6. The number of benzene rings is 2. The Kier molecular flexibility index (Phi) is 5.93. The van der Waals surface area contributed by atoms with E-state index in [1.165, 1.54) is 14.2 Å². The first-order valence-electron chi connectivity index (χ1n) is 8.67. The van der Waals surface area contributed by atoms with Gasteiger partial charge in [0.2, 0.25) is 0 Å². The van der Waals surface area contributed by atoms with Gasteiger partial charge in [-0.2, -0.15) is 0 Å². The molecule has 7 nitrogen and oxygen atoms in total. The number of carbonyl (C=O) groups is 2. The number of methoxy groups -OCH3 is 2. The summed E-state index contributed by atoms with van der Waals surface area (Å²) in [6, 6.07) is 12.1. The molecule has 2 N–H and O–H groups in total. The molecule has 0 bridgehead atoms. The maximum Gasteiger partial charge on any atom is 0.255 e. The Hall–Kier alpha value is -3.06. The average Bonchev–Trinajstić information content (AvgIpc) is 3.24. The topological polar surface area (TPSA) is 85.9 Å². The molecule has 1 aliphatic rings. The van der Waals surface area contributed by atoms with Gasteiger partial charge in [-0.15, -0.1) is 0 Å². The highest BCUT2D eigenvalue weighted by Crippen LogP contribution is 2.37. The van der Waals surface area contributed by atoms with Gasteiger partial charge in [0.15, 0.2) is 0 Å². The van der Waals surface area contributed by atoms with Gasteiger partial charge in [0.25, 0.3) is 11.8 Å². The molecule has 1 heterocycles. The van der Waals surface area contributed by atoms with Gasteiger partial charge >= 0.3 is 0 Å². The third-order valence-corrected chi connectivity index (χ3v) is 4.29. The Balaban J connectivity index is 1.83. The van der Waals surface area contributed by atoms with E-state index in [1.54, 1.807) is 36.4 Å². The van der Waals surface area contributed by atoms with Crippen LogP contribution < -0.4 is 20.1 Å². The largest absolute Gasteiger partial charge is 0.494 e. The van der Waals surface area contributed by atoms with E-state index in [-0.39, 0.29) is 11.8 Å². The van der Waals surface area contributed by atoms with E-state index in [2.05, 4.69) is 10.6 Å². The van der Waals surface area contributed by atoms with Crippen molar-refractivity contribution in [3.05, 3.63) is 48.0 Å². The highest BCUT2D eigenvalue weighted by Gasteiger charge is 2.25. The molecule has 1 saturated heterocycles. The molecule has 0 spiro atoms. The summed E-state index contributed by atoms with van der Waals surface area (Å²) in [6.07, 6.45) is 1.10. The van der Waals surface area contributed by atoms with Crippen molar-refractivity contribution in [2.24, 2.45) is 0 Å². The van der Waals surface area contributed by atoms with Crippen molar-refractivity contribution in [1.29, 1.82) is 0 Å². The maximum absolute atomic E-state index is 12.4. The first kappa shape index (κ1) is 18.7. The van der Waals surface area contributed by atoms with Gasteiger partial charge in [0.1, 0.15) is 17.6 Å². The van der Waals surface area contributed by atoms with E-state index in [0.29, 0.717) is 41.5 Å². The minimum atomic E-state index is -0.460. The van der Waals surface area contributed by atoms with E-state index in [0.717, 1.165) is 6.42 Å². The highest BCUT2D eigenvalue weighted by molar-refractivity contribution is 6.05. The minimum Gasteiger partial charge on any atom is -0.494 e. The molecule has 142 valence electrons. The van der Waals surface area contributed by atoms with Crippen molar-refractivity contribution >= 4 is 23.2 Å². The van der Waals surface area contributed by atoms with Crippen molar-refractivity contribution in [1.82, 2.24) is 0 Å². The summed E-state index contributed by atoms with van der Waals surface area (Å²) in [5.74, 6) is 0.314. The third kappa shape index (κ3) is 4.38. The van der Waals surface area contributed by atoms with Crippen molar-refractivity contribution in [3.63, 3.8) is 0 Å². The number of nitrogens with one attached hydrogen (secondary N) is 2. The number of carbonyl (C=O) groups excluding carboxylic acids is 2. The van der Waals surface area contributed by atoms with E-state index in [1.807, 2.05) is 6.07 Å².